The molecule has 0 aromatic carbocycles. The minimum Gasteiger partial charge on any atom is -0.111 e. The summed E-state index contributed by atoms with van der Waals surface area (Å²) >= 11 is 4.13. The van der Waals surface area contributed by atoms with Crippen molar-refractivity contribution in [2.45, 2.75) is 30.9 Å². The molecule has 1 fully saturated rings. The predicted octanol–water partition coefficient (Wildman–Crippen LogP) is 2.51. The summed E-state index contributed by atoms with van der Waals surface area (Å²) < 4.78 is 0. The van der Waals surface area contributed by atoms with E-state index >= 15 is 0 Å². The van der Waals surface area contributed by atoms with E-state index < -0.39 is 0 Å². The fraction of sp³-hybridized carbons (Fsp3) is 1.00. The first-order valence-corrected chi connectivity index (χ1v) is 4.67. The maximum atomic E-state index is 4.13. The minimum atomic E-state index is 0.878. The molecule has 1 saturated carbocycles. The van der Waals surface area contributed by atoms with Crippen molar-refractivity contribution >= 4 is 22.5 Å². The molecule has 0 aromatic rings. The summed E-state index contributed by atoms with van der Waals surface area (Å²) in [5.41, 5.74) is 0. The van der Waals surface area contributed by atoms with Crippen LogP contribution in [0.1, 0.15) is 25.7 Å². The first-order chi connectivity index (χ1) is 3.43. The van der Waals surface area contributed by atoms with Crippen molar-refractivity contribution in [1.82, 2.24) is 0 Å². The van der Waals surface area contributed by atoms with Crippen LogP contribution >= 0.6 is 22.5 Å². The Morgan fingerprint density at radius 3 is 2.14 bits per heavy atom. The molecular weight excluding hydrogens is 124 g/mol. The van der Waals surface area contributed by atoms with Crippen molar-refractivity contribution < 1.29 is 0 Å². The Bertz CT molecular complexity index is 48.0. The Hall–Kier alpha value is 0.700. The maximum absolute atomic E-state index is 4.13. The van der Waals surface area contributed by atoms with Gasteiger partial charge >= 0.3 is 0 Å². The van der Waals surface area contributed by atoms with E-state index in [1.165, 1.54) is 25.7 Å². The van der Waals surface area contributed by atoms with Crippen LogP contribution in [-0.2, 0) is 0 Å². The zero-order chi connectivity index (χ0) is 5.11. The average molecular weight is 134 g/mol. The molecule has 0 radical (unpaired) electrons. The Balaban J connectivity index is 2.14. The second-order valence-corrected chi connectivity index (χ2v) is 3.52. The Morgan fingerprint density at radius 1 is 1.29 bits per heavy atom. The highest BCUT2D eigenvalue weighted by Gasteiger charge is 2.12. The van der Waals surface area contributed by atoms with Gasteiger partial charge in [0.2, 0.25) is 0 Å². The molecule has 0 saturated heterocycles. The van der Waals surface area contributed by atoms with Crippen LogP contribution in [0, 0.1) is 0 Å². The molecule has 1 aliphatic carbocycles. The molecule has 1 rings (SSSR count). The van der Waals surface area contributed by atoms with Crippen LogP contribution in [-0.4, -0.2) is 5.25 Å². The largest absolute Gasteiger partial charge is 0.111 e. The average Bonchev–Trinajstić information content (AvgIpc) is 2.14. The summed E-state index contributed by atoms with van der Waals surface area (Å²) in [6, 6.07) is 0. The van der Waals surface area contributed by atoms with Crippen LogP contribution in [0.3, 0.4) is 0 Å². The van der Waals surface area contributed by atoms with E-state index in [0.29, 0.717) is 0 Å². The van der Waals surface area contributed by atoms with Crippen LogP contribution in [0.4, 0.5) is 0 Å². The van der Waals surface area contributed by atoms with Crippen molar-refractivity contribution in [1.29, 1.82) is 0 Å². The molecule has 42 valence electrons. The Morgan fingerprint density at radius 2 is 1.86 bits per heavy atom. The van der Waals surface area contributed by atoms with Crippen LogP contribution in [0.5, 0.6) is 0 Å². The molecule has 0 N–H and O–H groups in total. The van der Waals surface area contributed by atoms with Gasteiger partial charge in [0, 0.05) is 5.25 Å². The lowest BCUT2D eigenvalue weighted by Gasteiger charge is -1.98. The highest BCUT2D eigenvalue weighted by molar-refractivity contribution is 8.68. The van der Waals surface area contributed by atoms with Gasteiger partial charge in [0.05, 0.1) is 0 Å². The predicted molar refractivity (Wildman–Crippen MR) is 38.8 cm³/mol. The molecule has 0 heterocycles. The van der Waals surface area contributed by atoms with Gasteiger partial charge in [0.1, 0.15) is 0 Å². The zero-order valence-corrected chi connectivity index (χ0v) is 5.97. The number of hydrogen-bond acceptors (Lipinski definition) is 2. The van der Waals surface area contributed by atoms with Gasteiger partial charge in [-0.2, -0.15) is 0 Å². The SMILES string of the molecule is SSC1CCCC1. The summed E-state index contributed by atoms with van der Waals surface area (Å²) in [6.07, 6.45) is 5.65. The van der Waals surface area contributed by atoms with Gasteiger partial charge in [-0.1, -0.05) is 23.6 Å². The van der Waals surface area contributed by atoms with Crippen LogP contribution in [0.15, 0.2) is 0 Å². The molecule has 0 atom stereocenters. The van der Waals surface area contributed by atoms with Crippen LogP contribution in [0.2, 0.25) is 0 Å². The molecule has 0 bridgehead atoms. The van der Waals surface area contributed by atoms with Gasteiger partial charge in [-0.15, -0.1) is 11.7 Å². The lowest BCUT2D eigenvalue weighted by molar-refractivity contribution is 0.886. The quantitative estimate of drug-likeness (QED) is 0.424. The van der Waals surface area contributed by atoms with Crippen LogP contribution in [0.25, 0.3) is 0 Å². The number of hydrogen-bond donors (Lipinski definition) is 1. The standard InChI is InChI=1S/C5H10S2/c6-7-5-3-1-2-4-5/h5-6H,1-4H2. The number of thiol groups is 1. The highest BCUT2D eigenvalue weighted by Crippen LogP contribution is 2.30. The second kappa shape index (κ2) is 2.88. The second-order valence-electron chi connectivity index (χ2n) is 2.01. The lowest BCUT2D eigenvalue weighted by Crippen LogP contribution is -1.87. The summed E-state index contributed by atoms with van der Waals surface area (Å²) in [5, 5.41) is 0.878. The zero-order valence-electron chi connectivity index (χ0n) is 4.26. The fourth-order valence-corrected chi connectivity index (χ4v) is 2.17. The topological polar surface area (TPSA) is 0 Å². The smallest absolute Gasteiger partial charge is 0.0149 e. The molecular formula is C5H10S2. The van der Waals surface area contributed by atoms with Crippen molar-refractivity contribution in [3.8, 4) is 0 Å². The third kappa shape index (κ3) is 1.57. The van der Waals surface area contributed by atoms with Crippen LogP contribution < -0.4 is 0 Å². The molecule has 0 unspecified atom stereocenters. The van der Waals surface area contributed by atoms with E-state index in [0.717, 1.165) is 5.25 Å². The Kier molecular flexibility index (Phi) is 2.40. The molecule has 2 heteroatoms. The first-order valence-electron chi connectivity index (χ1n) is 2.73. The molecule has 0 nitrogen and oxygen atoms in total. The third-order valence-electron chi connectivity index (χ3n) is 1.45. The highest BCUT2D eigenvalue weighted by atomic mass is 33.1. The van der Waals surface area contributed by atoms with Gasteiger partial charge in [-0.3, -0.25) is 0 Å². The Labute approximate surface area is 53.9 Å². The lowest BCUT2D eigenvalue weighted by atomic mass is 10.4. The molecule has 0 spiro atoms. The van der Waals surface area contributed by atoms with Gasteiger partial charge < -0.3 is 0 Å². The molecule has 0 aliphatic heterocycles. The van der Waals surface area contributed by atoms with Crippen molar-refractivity contribution in [3.05, 3.63) is 0 Å². The van der Waals surface area contributed by atoms with Crippen molar-refractivity contribution in [2.24, 2.45) is 0 Å². The monoisotopic (exact) mass is 134 g/mol. The summed E-state index contributed by atoms with van der Waals surface area (Å²) in [6.45, 7) is 0. The molecule has 1 aliphatic rings. The fourth-order valence-electron chi connectivity index (χ4n) is 0.994. The summed E-state index contributed by atoms with van der Waals surface area (Å²) in [4.78, 5) is 0. The minimum absolute atomic E-state index is 0.878. The van der Waals surface area contributed by atoms with E-state index in [2.05, 4.69) is 11.7 Å². The van der Waals surface area contributed by atoms with Crippen molar-refractivity contribution in [3.63, 3.8) is 0 Å². The van der Waals surface area contributed by atoms with E-state index in [1.54, 1.807) is 10.8 Å². The van der Waals surface area contributed by atoms with E-state index in [1.807, 2.05) is 0 Å². The van der Waals surface area contributed by atoms with Gasteiger partial charge in [-0.25, -0.2) is 0 Å². The van der Waals surface area contributed by atoms with Gasteiger partial charge in [0.25, 0.3) is 0 Å². The maximum Gasteiger partial charge on any atom is 0.0149 e. The first kappa shape index (κ1) is 5.83. The van der Waals surface area contributed by atoms with E-state index in [9.17, 15) is 0 Å². The van der Waals surface area contributed by atoms with Gasteiger partial charge in [0.15, 0.2) is 0 Å². The van der Waals surface area contributed by atoms with E-state index in [4.69, 9.17) is 0 Å². The molecule has 7 heavy (non-hydrogen) atoms. The van der Waals surface area contributed by atoms with Gasteiger partial charge in [-0.05, 0) is 12.8 Å². The summed E-state index contributed by atoms with van der Waals surface area (Å²) in [7, 11) is 1.73. The van der Waals surface area contributed by atoms with Crippen molar-refractivity contribution in [2.75, 3.05) is 0 Å². The van der Waals surface area contributed by atoms with E-state index in [-0.39, 0.29) is 0 Å². The number of rotatable bonds is 1. The summed E-state index contributed by atoms with van der Waals surface area (Å²) in [5.74, 6) is 0. The molecule has 0 amide bonds. The molecule has 0 aromatic heterocycles. The third-order valence-corrected chi connectivity index (χ3v) is 3.12. The normalized spacial score (nSPS) is 23.6.